The minimum absolute atomic E-state index is 0.222. The van der Waals surface area contributed by atoms with Crippen molar-refractivity contribution in [1.29, 1.82) is 0 Å². The van der Waals surface area contributed by atoms with E-state index in [0.717, 1.165) is 5.46 Å². The van der Waals surface area contributed by atoms with Crippen LogP contribution >= 0.6 is 0 Å². The lowest BCUT2D eigenvalue weighted by atomic mass is 9.96. The molecule has 1 rings (SSSR count). The van der Waals surface area contributed by atoms with Crippen LogP contribution in [0.4, 0.5) is 4.39 Å². The Morgan fingerprint density at radius 2 is 2.24 bits per heavy atom. The average molecular weight is 238 g/mol. The lowest BCUT2D eigenvalue weighted by Gasteiger charge is -2.07. The van der Waals surface area contributed by atoms with Gasteiger partial charge in [0, 0.05) is 6.42 Å². The first kappa shape index (κ1) is 13.5. The van der Waals surface area contributed by atoms with Crippen molar-refractivity contribution in [1.82, 2.24) is 0 Å². The fourth-order valence-corrected chi connectivity index (χ4v) is 1.35. The van der Waals surface area contributed by atoms with Crippen molar-refractivity contribution in [3.63, 3.8) is 0 Å². The molecule has 0 amide bonds. The Bertz CT molecular complexity index is 382. The lowest BCUT2D eigenvalue weighted by molar-refractivity contribution is -0.143. The first-order valence-electron chi connectivity index (χ1n) is 5.68. The highest BCUT2D eigenvalue weighted by molar-refractivity contribution is 6.32. The van der Waals surface area contributed by atoms with Crippen molar-refractivity contribution in [2.24, 2.45) is 0 Å². The first-order chi connectivity index (χ1) is 8.13. The Kier molecular flexibility index (Phi) is 5.53. The smallest absolute Gasteiger partial charge is 0.305 e. The van der Waals surface area contributed by atoms with Crippen molar-refractivity contribution >= 4 is 19.3 Å². The van der Waals surface area contributed by atoms with E-state index in [4.69, 9.17) is 9.47 Å². The predicted octanol–water partition coefficient (Wildman–Crippen LogP) is 0.806. The lowest BCUT2D eigenvalue weighted by Crippen LogP contribution is -2.08. The number of hydrogen-bond acceptors (Lipinski definition) is 3. The summed E-state index contributed by atoms with van der Waals surface area (Å²) in [6.07, 6.45) is 0.813. The highest BCUT2D eigenvalue weighted by Gasteiger charge is 2.04. The molecule has 0 N–H and O–H groups in total. The first-order valence-corrected chi connectivity index (χ1v) is 5.68. The van der Waals surface area contributed by atoms with E-state index in [-0.39, 0.29) is 17.5 Å². The van der Waals surface area contributed by atoms with Crippen LogP contribution in [-0.2, 0) is 9.53 Å². The van der Waals surface area contributed by atoms with Crippen molar-refractivity contribution in [3.8, 4) is 5.75 Å². The highest BCUT2D eigenvalue weighted by Crippen LogP contribution is 2.14. The highest BCUT2D eigenvalue weighted by atomic mass is 19.1. The number of hydrogen-bond donors (Lipinski definition) is 0. The number of ether oxygens (including phenoxy) is 2. The third kappa shape index (κ3) is 4.89. The quantitative estimate of drug-likeness (QED) is 0.418. The van der Waals surface area contributed by atoms with E-state index in [1.165, 1.54) is 6.07 Å². The molecule has 0 saturated heterocycles. The second-order valence-corrected chi connectivity index (χ2v) is 3.69. The molecule has 0 fully saturated rings. The molecule has 0 spiro atoms. The van der Waals surface area contributed by atoms with Gasteiger partial charge in [0.2, 0.25) is 0 Å². The molecule has 0 aliphatic rings. The second kappa shape index (κ2) is 6.94. The van der Waals surface area contributed by atoms with Crippen molar-refractivity contribution in [2.45, 2.75) is 19.8 Å². The van der Waals surface area contributed by atoms with E-state index in [1.807, 2.05) is 7.85 Å². The summed E-state index contributed by atoms with van der Waals surface area (Å²) in [5.74, 6) is -0.402. The number of carbonyl (C=O) groups is 1. The third-order valence-corrected chi connectivity index (χ3v) is 2.18. The zero-order valence-corrected chi connectivity index (χ0v) is 10.2. The van der Waals surface area contributed by atoms with Gasteiger partial charge in [-0.1, -0.05) is 11.5 Å². The SMILES string of the molecule is Bc1ccc(OCCCC(=O)OCC)c(F)c1. The van der Waals surface area contributed by atoms with Gasteiger partial charge in [0.1, 0.15) is 7.85 Å². The van der Waals surface area contributed by atoms with E-state index in [1.54, 1.807) is 19.1 Å². The van der Waals surface area contributed by atoms with Crippen LogP contribution < -0.4 is 10.2 Å². The van der Waals surface area contributed by atoms with Gasteiger partial charge in [-0.05, 0) is 25.5 Å². The maximum Gasteiger partial charge on any atom is 0.305 e. The summed E-state index contributed by atoms with van der Waals surface area (Å²) in [6, 6.07) is 4.79. The van der Waals surface area contributed by atoms with E-state index >= 15 is 0 Å². The van der Waals surface area contributed by atoms with Crippen molar-refractivity contribution < 1.29 is 18.7 Å². The normalized spacial score (nSPS) is 10.0. The molecule has 1 aromatic rings. The van der Waals surface area contributed by atoms with Crippen LogP contribution in [-0.4, -0.2) is 27.0 Å². The van der Waals surface area contributed by atoms with Crippen LogP contribution in [0.15, 0.2) is 18.2 Å². The molecule has 0 atom stereocenters. The molecule has 92 valence electrons. The maximum atomic E-state index is 13.3. The number of halogens is 1. The summed E-state index contributed by atoms with van der Waals surface area (Å²) in [5, 5.41) is 0. The summed E-state index contributed by atoms with van der Waals surface area (Å²) >= 11 is 0. The van der Waals surface area contributed by atoms with Gasteiger partial charge in [-0.25, -0.2) is 4.39 Å². The van der Waals surface area contributed by atoms with Gasteiger partial charge >= 0.3 is 5.97 Å². The van der Waals surface area contributed by atoms with E-state index in [0.29, 0.717) is 26.1 Å². The van der Waals surface area contributed by atoms with Crippen LogP contribution in [0.2, 0.25) is 0 Å². The summed E-state index contributed by atoms with van der Waals surface area (Å²) in [6.45, 7) is 2.45. The molecule has 0 aliphatic carbocycles. The topological polar surface area (TPSA) is 35.5 Å². The number of rotatable bonds is 6. The Labute approximate surface area is 101 Å². The van der Waals surface area contributed by atoms with Crippen LogP contribution in [0.5, 0.6) is 5.75 Å². The number of carbonyl (C=O) groups excluding carboxylic acids is 1. The van der Waals surface area contributed by atoms with E-state index in [2.05, 4.69) is 0 Å². The summed E-state index contributed by atoms with van der Waals surface area (Å²) < 4.78 is 23.3. The van der Waals surface area contributed by atoms with Gasteiger partial charge in [-0.3, -0.25) is 4.79 Å². The average Bonchev–Trinajstić information content (AvgIpc) is 2.27. The van der Waals surface area contributed by atoms with Crippen LogP contribution in [0.1, 0.15) is 19.8 Å². The number of benzene rings is 1. The Balaban J connectivity index is 2.29. The molecule has 5 heteroatoms. The van der Waals surface area contributed by atoms with Crippen LogP contribution in [0, 0.1) is 5.82 Å². The Morgan fingerprint density at radius 1 is 1.47 bits per heavy atom. The molecule has 0 radical (unpaired) electrons. The zero-order valence-electron chi connectivity index (χ0n) is 10.2. The second-order valence-electron chi connectivity index (χ2n) is 3.69. The van der Waals surface area contributed by atoms with Crippen LogP contribution in [0.3, 0.4) is 0 Å². The van der Waals surface area contributed by atoms with Gasteiger partial charge in [0.25, 0.3) is 0 Å². The molecule has 0 aromatic heterocycles. The van der Waals surface area contributed by atoms with Crippen molar-refractivity contribution in [2.75, 3.05) is 13.2 Å². The summed E-state index contributed by atoms with van der Waals surface area (Å²) in [5.41, 5.74) is 0.848. The fraction of sp³-hybridized carbons (Fsp3) is 0.417. The molecule has 0 bridgehead atoms. The van der Waals surface area contributed by atoms with Gasteiger partial charge in [-0.2, -0.15) is 0 Å². The third-order valence-electron chi connectivity index (χ3n) is 2.18. The minimum atomic E-state index is -0.374. The van der Waals surface area contributed by atoms with E-state index in [9.17, 15) is 9.18 Å². The molecule has 0 heterocycles. The molecule has 17 heavy (non-hydrogen) atoms. The Hall–Kier alpha value is -1.52. The number of esters is 1. The summed E-state index contributed by atoms with van der Waals surface area (Å²) in [7, 11) is 1.81. The molecule has 0 aliphatic heterocycles. The van der Waals surface area contributed by atoms with E-state index < -0.39 is 0 Å². The molecule has 0 saturated carbocycles. The molecule has 1 aromatic carbocycles. The monoisotopic (exact) mass is 238 g/mol. The minimum Gasteiger partial charge on any atom is -0.491 e. The zero-order chi connectivity index (χ0) is 12.7. The molecular weight excluding hydrogens is 222 g/mol. The van der Waals surface area contributed by atoms with Gasteiger partial charge in [0.15, 0.2) is 11.6 Å². The largest absolute Gasteiger partial charge is 0.491 e. The fourth-order valence-electron chi connectivity index (χ4n) is 1.35. The summed E-state index contributed by atoms with van der Waals surface area (Å²) in [4.78, 5) is 11.0. The van der Waals surface area contributed by atoms with Gasteiger partial charge in [0.05, 0.1) is 13.2 Å². The van der Waals surface area contributed by atoms with Crippen LogP contribution in [0.25, 0.3) is 0 Å². The predicted molar refractivity (Wildman–Crippen MR) is 65.9 cm³/mol. The molecule has 0 unspecified atom stereocenters. The molecule has 3 nitrogen and oxygen atoms in total. The van der Waals surface area contributed by atoms with Gasteiger partial charge < -0.3 is 9.47 Å². The Morgan fingerprint density at radius 3 is 2.88 bits per heavy atom. The standard InChI is InChI=1S/C12H16BFO3/c1-2-16-12(15)4-3-7-17-11-6-5-9(13)8-10(11)14/h5-6,8H,2-4,7,13H2,1H3. The van der Waals surface area contributed by atoms with Gasteiger partial charge in [-0.15, -0.1) is 0 Å². The molecular formula is C12H16BFO3. The van der Waals surface area contributed by atoms with Crippen molar-refractivity contribution in [3.05, 3.63) is 24.0 Å². The maximum absolute atomic E-state index is 13.3.